The second kappa shape index (κ2) is 6.62. The maximum atomic E-state index is 3.42. The predicted molar refractivity (Wildman–Crippen MR) is 50.9 cm³/mol. The first kappa shape index (κ1) is 10.9. The topological polar surface area (TPSA) is 24.1 Å². The van der Waals surface area contributed by atoms with Gasteiger partial charge in [-0.2, -0.15) is 0 Å². The number of hydrogen-bond acceptors (Lipinski definition) is 2. The Morgan fingerprint density at radius 2 is 1.27 bits per heavy atom. The van der Waals surface area contributed by atoms with Crippen LogP contribution >= 0.6 is 0 Å². The number of fused-ring (bicyclic) bond motifs is 2. The van der Waals surface area contributed by atoms with E-state index in [0.29, 0.717) is 0 Å². The molecule has 2 bridgehead atoms. The average Bonchev–Trinajstić information content (AvgIpc) is 2.12. The molecule has 2 nitrogen and oxygen atoms in total. The second-order valence-corrected chi connectivity index (χ2v) is 2.45. The van der Waals surface area contributed by atoms with Crippen molar-refractivity contribution in [2.75, 3.05) is 13.1 Å². The Labute approximate surface area is 70.8 Å². The van der Waals surface area contributed by atoms with E-state index in [0.717, 1.165) is 12.1 Å². The van der Waals surface area contributed by atoms with Crippen molar-refractivity contribution < 1.29 is 0 Å². The summed E-state index contributed by atoms with van der Waals surface area (Å²) in [5.74, 6) is 0. The first-order valence-corrected chi connectivity index (χ1v) is 4.92. The van der Waals surface area contributed by atoms with Crippen LogP contribution in [0.25, 0.3) is 0 Å². The highest BCUT2D eigenvalue weighted by Crippen LogP contribution is 2.13. The number of piperidine rings is 1. The van der Waals surface area contributed by atoms with Crippen molar-refractivity contribution in [2.24, 2.45) is 0 Å². The first-order chi connectivity index (χ1) is 5.45. The zero-order valence-corrected chi connectivity index (χ0v) is 8.28. The van der Waals surface area contributed by atoms with E-state index in [2.05, 4.69) is 10.6 Å². The largest absolute Gasteiger partial charge is 0.314 e. The van der Waals surface area contributed by atoms with E-state index in [4.69, 9.17) is 0 Å². The quantitative estimate of drug-likeness (QED) is 0.556. The van der Waals surface area contributed by atoms with Gasteiger partial charge in [-0.05, 0) is 6.42 Å². The molecular formula is C9H22N2. The lowest BCUT2D eigenvalue weighted by atomic mass is 9.93. The molecule has 11 heavy (non-hydrogen) atoms. The monoisotopic (exact) mass is 158 g/mol. The van der Waals surface area contributed by atoms with Crippen LogP contribution in [0.2, 0.25) is 0 Å². The van der Waals surface area contributed by atoms with Crippen LogP contribution in [0.5, 0.6) is 0 Å². The highest BCUT2D eigenvalue weighted by Gasteiger charge is 2.31. The number of hydrogen-bond donors (Lipinski definition) is 2. The summed E-state index contributed by atoms with van der Waals surface area (Å²) >= 11 is 0. The molecule has 2 N–H and O–H groups in total. The lowest BCUT2D eigenvalue weighted by Gasteiger charge is -2.42. The fourth-order valence-electron chi connectivity index (χ4n) is 1.37. The third-order valence-corrected chi connectivity index (χ3v) is 1.82. The minimum Gasteiger partial charge on any atom is -0.314 e. The van der Waals surface area contributed by atoms with Gasteiger partial charge in [-0.25, -0.2) is 0 Å². The van der Waals surface area contributed by atoms with Crippen molar-refractivity contribution in [3.05, 3.63) is 0 Å². The molecule has 3 aliphatic heterocycles. The number of rotatable bonds is 0. The minimum atomic E-state index is 0.818. The molecule has 0 aliphatic carbocycles. The van der Waals surface area contributed by atoms with Gasteiger partial charge in [0.05, 0.1) is 0 Å². The van der Waals surface area contributed by atoms with Gasteiger partial charge in [0.2, 0.25) is 0 Å². The summed E-state index contributed by atoms with van der Waals surface area (Å²) in [6.07, 6.45) is 1.41. The summed E-state index contributed by atoms with van der Waals surface area (Å²) in [7, 11) is 0. The van der Waals surface area contributed by atoms with Crippen LogP contribution in [0.3, 0.4) is 0 Å². The van der Waals surface area contributed by atoms with Gasteiger partial charge in [-0.15, -0.1) is 0 Å². The van der Waals surface area contributed by atoms with Crippen molar-refractivity contribution in [3.63, 3.8) is 0 Å². The lowest BCUT2D eigenvalue weighted by molar-refractivity contribution is 0.201. The predicted octanol–water partition coefficient (Wildman–Crippen LogP) is 1.37. The van der Waals surface area contributed by atoms with Gasteiger partial charge in [-0.1, -0.05) is 27.7 Å². The molecule has 0 aromatic rings. The summed E-state index contributed by atoms with van der Waals surface area (Å²) in [6, 6.07) is 1.64. The molecule has 2 unspecified atom stereocenters. The van der Waals surface area contributed by atoms with Gasteiger partial charge in [0.15, 0.2) is 0 Å². The van der Waals surface area contributed by atoms with Crippen LogP contribution in [-0.4, -0.2) is 25.2 Å². The second-order valence-electron chi connectivity index (χ2n) is 2.45. The van der Waals surface area contributed by atoms with Crippen molar-refractivity contribution in [1.82, 2.24) is 10.6 Å². The van der Waals surface area contributed by atoms with Gasteiger partial charge in [0.1, 0.15) is 0 Å². The van der Waals surface area contributed by atoms with Crippen molar-refractivity contribution in [3.8, 4) is 0 Å². The van der Waals surface area contributed by atoms with E-state index in [9.17, 15) is 0 Å². The summed E-state index contributed by atoms with van der Waals surface area (Å²) < 4.78 is 0. The standard InChI is InChI=1S/C5H10N2.2C2H6/c1-4-2-6-3-5(1)7-4;2*1-2/h4-7H,1-3H2;2*1-2H3. The van der Waals surface area contributed by atoms with Gasteiger partial charge in [-0.3, -0.25) is 0 Å². The molecule has 3 saturated heterocycles. The zero-order valence-electron chi connectivity index (χ0n) is 8.28. The SMILES string of the molecule is C1NCC2CC1N2.CC.CC. The maximum absolute atomic E-state index is 3.42. The normalized spacial score (nSPS) is 31.6. The number of nitrogens with one attached hydrogen (secondary N) is 2. The van der Waals surface area contributed by atoms with Gasteiger partial charge >= 0.3 is 0 Å². The smallest absolute Gasteiger partial charge is 0.0210 e. The number of piperazine rings is 1. The van der Waals surface area contributed by atoms with E-state index < -0.39 is 0 Å². The Bertz CT molecular complexity index is 64.1. The van der Waals surface area contributed by atoms with Crippen LogP contribution in [0.4, 0.5) is 0 Å². The first-order valence-electron chi connectivity index (χ1n) is 4.92. The molecule has 2 heteroatoms. The van der Waals surface area contributed by atoms with Crippen molar-refractivity contribution in [1.29, 1.82) is 0 Å². The Hall–Kier alpha value is -0.0800. The Kier molecular flexibility index (Phi) is 6.57. The molecule has 3 fully saturated rings. The molecule has 3 heterocycles. The summed E-state index contributed by atoms with van der Waals surface area (Å²) in [6.45, 7) is 10.4. The molecular weight excluding hydrogens is 136 g/mol. The van der Waals surface area contributed by atoms with Crippen LogP contribution in [0, 0.1) is 0 Å². The van der Waals surface area contributed by atoms with E-state index in [1.54, 1.807) is 0 Å². The van der Waals surface area contributed by atoms with E-state index >= 15 is 0 Å². The fraction of sp³-hybridized carbons (Fsp3) is 1.00. The molecule has 0 spiro atoms. The van der Waals surface area contributed by atoms with E-state index in [-0.39, 0.29) is 0 Å². The fourth-order valence-corrected chi connectivity index (χ4v) is 1.37. The molecule has 68 valence electrons. The van der Waals surface area contributed by atoms with Gasteiger partial charge < -0.3 is 10.6 Å². The van der Waals surface area contributed by atoms with Gasteiger partial charge in [0.25, 0.3) is 0 Å². The molecule has 0 radical (unpaired) electrons. The van der Waals surface area contributed by atoms with Crippen LogP contribution in [0.15, 0.2) is 0 Å². The maximum Gasteiger partial charge on any atom is 0.0210 e. The van der Waals surface area contributed by atoms with Crippen LogP contribution in [-0.2, 0) is 0 Å². The Balaban J connectivity index is 0.000000222. The third-order valence-electron chi connectivity index (χ3n) is 1.82. The zero-order chi connectivity index (χ0) is 8.69. The van der Waals surface area contributed by atoms with E-state index in [1.807, 2.05) is 27.7 Å². The van der Waals surface area contributed by atoms with E-state index in [1.165, 1.54) is 19.5 Å². The molecule has 0 saturated carbocycles. The summed E-state index contributed by atoms with van der Waals surface area (Å²) in [5, 5.41) is 6.74. The van der Waals surface area contributed by atoms with Gasteiger partial charge in [0, 0.05) is 25.2 Å². The summed E-state index contributed by atoms with van der Waals surface area (Å²) in [4.78, 5) is 0. The molecule has 3 rings (SSSR count). The molecule has 0 amide bonds. The highest BCUT2D eigenvalue weighted by atomic mass is 15.1. The molecule has 0 aromatic carbocycles. The van der Waals surface area contributed by atoms with Crippen LogP contribution < -0.4 is 10.6 Å². The third kappa shape index (κ3) is 3.21. The Morgan fingerprint density at radius 1 is 0.909 bits per heavy atom. The highest BCUT2D eigenvalue weighted by molar-refractivity contribution is 4.95. The Morgan fingerprint density at radius 3 is 1.36 bits per heavy atom. The lowest BCUT2D eigenvalue weighted by Crippen LogP contribution is -2.65. The molecule has 0 aromatic heterocycles. The van der Waals surface area contributed by atoms with Crippen molar-refractivity contribution in [2.45, 2.75) is 46.2 Å². The summed E-state index contributed by atoms with van der Waals surface area (Å²) in [5.41, 5.74) is 0. The van der Waals surface area contributed by atoms with Crippen molar-refractivity contribution >= 4 is 0 Å². The molecule has 3 aliphatic rings. The molecule has 2 atom stereocenters. The average molecular weight is 158 g/mol. The van der Waals surface area contributed by atoms with Crippen LogP contribution in [0.1, 0.15) is 34.1 Å². The minimum absolute atomic E-state index is 0.818.